The Morgan fingerprint density at radius 1 is 1.69 bits per heavy atom. The number of hydrogen-bond acceptors (Lipinski definition) is 3. The summed E-state index contributed by atoms with van der Waals surface area (Å²) in [5, 5.41) is 3.24. The van der Waals surface area contributed by atoms with Crippen molar-refractivity contribution in [1.82, 2.24) is 10.2 Å². The van der Waals surface area contributed by atoms with Crippen LogP contribution in [0.15, 0.2) is 12.7 Å². The fourth-order valence-corrected chi connectivity index (χ4v) is 2.01. The fraction of sp³-hybridized carbons (Fsp3) is 0.750. The van der Waals surface area contributed by atoms with Crippen molar-refractivity contribution >= 4 is 5.91 Å². The molecule has 1 aliphatic rings. The Morgan fingerprint density at radius 3 is 2.94 bits per heavy atom. The lowest BCUT2D eigenvalue weighted by atomic mass is 9.88. The first-order valence-electron chi connectivity index (χ1n) is 5.74. The molecule has 1 rings (SSSR count). The summed E-state index contributed by atoms with van der Waals surface area (Å²) in [5.74, 6) is 0.203. The predicted molar refractivity (Wildman–Crippen MR) is 64.2 cm³/mol. The van der Waals surface area contributed by atoms with Gasteiger partial charge in [0.25, 0.3) is 0 Å². The van der Waals surface area contributed by atoms with Crippen LogP contribution in [-0.4, -0.2) is 50.7 Å². The molecule has 0 spiro atoms. The highest BCUT2D eigenvalue weighted by molar-refractivity contribution is 5.83. The third-order valence-electron chi connectivity index (χ3n) is 3.09. The van der Waals surface area contributed by atoms with Gasteiger partial charge in [0.2, 0.25) is 5.91 Å². The van der Waals surface area contributed by atoms with Crippen molar-refractivity contribution in [3.05, 3.63) is 12.7 Å². The SMILES string of the molecule is C=CCN(CCOC)C(=O)C1(C)CCNC1. The van der Waals surface area contributed by atoms with E-state index >= 15 is 0 Å². The molecule has 0 aromatic rings. The van der Waals surface area contributed by atoms with Crippen LogP contribution in [0.25, 0.3) is 0 Å². The van der Waals surface area contributed by atoms with Crippen LogP contribution < -0.4 is 5.32 Å². The van der Waals surface area contributed by atoms with Gasteiger partial charge in [-0.1, -0.05) is 6.08 Å². The van der Waals surface area contributed by atoms with Crippen molar-refractivity contribution in [2.24, 2.45) is 5.41 Å². The van der Waals surface area contributed by atoms with E-state index in [9.17, 15) is 4.79 Å². The number of nitrogens with one attached hydrogen (secondary N) is 1. The second-order valence-corrected chi connectivity index (χ2v) is 4.52. The molecule has 1 atom stereocenters. The molecule has 0 radical (unpaired) electrons. The second kappa shape index (κ2) is 6.01. The maximum atomic E-state index is 12.3. The number of methoxy groups -OCH3 is 1. The van der Waals surface area contributed by atoms with Gasteiger partial charge >= 0.3 is 0 Å². The highest BCUT2D eigenvalue weighted by Gasteiger charge is 2.38. The van der Waals surface area contributed by atoms with E-state index in [1.54, 1.807) is 13.2 Å². The first-order chi connectivity index (χ1) is 7.64. The van der Waals surface area contributed by atoms with Crippen LogP contribution in [0.3, 0.4) is 0 Å². The van der Waals surface area contributed by atoms with Gasteiger partial charge in [0, 0.05) is 26.7 Å². The lowest BCUT2D eigenvalue weighted by Gasteiger charge is -2.30. The van der Waals surface area contributed by atoms with Gasteiger partial charge in [-0.3, -0.25) is 4.79 Å². The van der Waals surface area contributed by atoms with Crippen LogP contribution in [-0.2, 0) is 9.53 Å². The molecule has 1 aliphatic heterocycles. The van der Waals surface area contributed by atoms with Crippen molar-refractivity contribution in [3.63, 3.8) is 0 Å². The summed E-state index contributed by atoms with van der Waals surface area (Å²) in [5.41, 5.74) is -0.253. The lowest BCUT2D eigenvalue weighted by Crippen LogP contribution is -2.45. The van der Waals surface area contributed by atoms with Crippen LogP contribution in [0, 0.1) is 5.41 Å². The van der Waals surface area contributed by atoms with Gasteiger partial charge in [-0.05, 0) is 19.9 Å². The maximum absolute atomic E-state index is 12.3. The van der Waals surface area contributed by atoms with E-state index in [4.69, 9.17) is 4.74 Å². The van der Waals surface area contributed by atoms with Crippen molar-refractivity contribution in [3.8, 4) is 0 Å². The Labute approximate surface area is 97.6 Å². The van der Waals surface area contributed by atoms with E-state index in [1.165, 1.54) is 0 Å². The van der Waals surface area contributed by atoms with E-state index in [2.05, 4.69) is 11.9 Å². The molecule has 0 aromatic carbocycles. The van der Waals surface area contributed by atoms with E-state index < -0.39 is 0 Å². The van der Waals surface area contributed by atoms with Crippen molar-refractivity contribution in [2.45, 2.75) is 13.3 Å². The van der Waals surface area contributed by atoms with Crippen molar-refractivity contribution in [2.75, 3.05) is 39.9 Å². The Balaban J connectivity index is 2.61. The van der Waals surface area contributed by atoms with Crippen LogP contribution in [0.1, 0.15) is 13.3 Å². The molecular formula is C12H22N2O2. The summed E-state index contributed by atoms with van der Waals surface area (Å²) in [4.78, 5) is 14.2. The molecule has 4 nitrogen and oxygen atoms in total. The molecule has 0 aliphatic carbocycles. The smallest absolute Gasteiger partial charge is 0.230 e. The van der Waals surface area contributed by atoms with Gasteiger partial charge < -0.3 is 15.0 Å². The molecule has 0 saturated carbocycles. The molecule has 1 heterocycles. The first-order valence-corrected chi connectivity index (χ1v) is 5.74. The molecule has 1 N–H and O–H groups in total. The summed E-state index contributed by atoms with van der Waals surface area (Å²) in [6, 6.07) is 0. The predicted octanol–water partition coefficient (Wildman–Crippen LogP) is 0.647. The summed E-state index contributed by atoms with van der Waals surface area (Å²) >= 11 is 0. The average molecular weight is 226 g/mol. The van der Waals surface area contributed by atoms with Crippen LogP contribution in [0.2, 0.25) is 0 Å². The number of carbonyl (C=O) groups excluding carboxylic acids is 1. The molecular weight excluding hydrogens is 204 g/mol. The Kier molecular flexibility index (Phi) is 4.96. The van der Waals surface area contributed by atoms with Crippen LogP contribution in [0.4, 0.5) is 0 Å². The molecule has 1 amide bonds. The van der Waals surface area contributed by atoms with E-state index in [0.29, 0.717) is 19.7 Å². The van der Waals surface area contributed by atoms with E-state index in [0.717, 1.165) is 19.5 Å². The summed E-state index contributed by atoms with van der Waals surface area (Å²) in [6.45, 7) is 9.21. The zero-order valence-electron chi connectivity index (χ0n) is 10.3. The lowest BCUT2D eigenvalue weighted by molar-refractivity contribution is -0.140. The molecule has 0 bridgehead atoms. The van der Waals surface area contributed by atoms with Gasteiger partial charge in [-0.2, -0.15) is 0 Å². The molecule has 4 heteroatoms. The Bertz CT molecular complexity index is 247. The van der Waals surface area contributed by atoms with Gasteiger partial charge in [-0.25, -0.2) is 0 Å². The van der Waals surface area contributed by atoms with Crippen LogP contribution >= 0.6 is 0 Å². The molecule has 0 aromatic heterocycles. The normalized spacial score (nSPS) is 24.4. The minimum Gasteiger partial charge on any atom is -0.383 e. The number of amides is 1. The van der Waals surface area contributed by atoms with Crippen molar-refractivity contribution in [1.29, 1.82) is 0 Å². The number of carbonyl (C=O) groups is 1. The molecule has 1 saturated heterocycles. The number of ether oxygens (including phenoxy) is 1. The highest BCUT2D eigenvalue weighted by atomic mass is 16.5. The van der Waals surface area contributed by atoms with Crippen molar-refractivity contribution < 1.29 is 9.53 Å². The third-order valence-corrected chi connectivity index (χ3v) is 3.09. The topological polar surface area (TPSA) is 41.6 Å². The van der Waals surface area contributed by atoms with Gasteiger partial charge in [0.05, 0.1) is 12.0 Å². The minimum absolute atomic E-state index is 0.203. The number of rotatable bonds is 6. The zero-order chi connectivity index (χ0) is 12.0. The number of hydrogen-bond donors (Lipinski definition) is 1. The fourth-order valence-electron chi connectivity index (χ4n) is 2.01. The average Bonchev–Trinajstić information content (AvgIpc) is 2.72. The zero-order valence-corrected chi connectivity index (χ0v) is 10.3. The summed E-state index contributed by atoms with van der Waals surface area (Å²) < 4.78 is 5.02. The molecule has 1 unspecified atom stereocenters. The van der Waals surface area contributed by atoms with Crippen LogP contribution in [0.5, 0.6) is 0 Å². The second-order valence-electron chi connectivity index (χ2n) is 4.52. The summed E-state index contributed by atoms with van der Waals surface area (Å²) in [7, 11) is 1.65. The largest absolute Gasteiger partial charge is 0.383 e. The Morgan fingerprint density at radius 2 is 2.44 bits per heavy atom. The van der Waals surface area contributed by atoms with E-state index in [-0.39, 0.29) is 11.3 Å². The van der Waals surface area contributed by atoms with Gasteiger partial charge in [-0.15, -0.1) is 6.58 Å². The molecule has 1 fully saturated rings. The first kappa shape index (κ1) is 13.2. The molecule has 16 heavy (non-hydrogen) atoms. The van der Waals surface area contributed by atoms with Gasteiger partial charge in [0.1, 0.15) is 0 Å². The standard InChI is InChI=1S/C12H22N2O2/c1-4-7-14(8-9-16-3)11(15)12(2)5-6-13-10-12/h4,13H,1,5-10H2,2-3H3. The Hall–Kier alpha value is -0.870. The monoisotopic (exact) mass is 226 g/mol. The molecule has 92 valence electrons. The maximum Gasteiger partial charge on any atom is 0.230 e. The highest BCUT2D eigenvalue weighted by Crippen LogP contribution is 2.27. The third kappa shape index (κ3) is 3.06. The quantitative estimate of drug-likeness (QED) is 0.676. The minimum atomic E-state index is -0.253. The summed E-state index contributed by atoms with van der Waals surface area (Å²) in [6.07, 6.45) is 2.67. The van der Waals surface area contributed by atoms with E-state index in [1.807, 2.05) is 11.8 Å². The van der Waals surface area contributed by atoms with Gasteiger partial charge in [0.15, 0.2) is 0 Å². The number of nitrogens with zero attached hydrogens (tertiary/aromatic N) is 1.